The maximum absolute atomic E-state index is 13.4. The molecular formula is C15H17FN2O2S. The second-order valence-corrected chi connectivity index (χ2v) is 6.56. The van der Waals surface area contributed by atoms with E-state index in [0.29, 0.717) is 5.69 Å². The number of halogens is 1. The van der Waals surface area contributed by atoms with Gasteiger partial charge in [0.05, 0.1) is 10.6 Å². The van der Waals surface area contributed by atoms with E-state index in [4.69, 9.17) is 5.73 Å². The largest absolute Gasteiger partial charge is 0.326 e. The van der Waals surface area contributed by atoms with Gasteiger partial charge in [-0.25, -0.2) is 12.8 Å². The first-order valence-electron chi connectivity index (χ1n) is 6.42. The number of hydrogen-bond donors (Lipinski definition) is 2. The second kappa shape index (κ2) is 5.83. The molecule has 4 nitrogen and oxygen atoms in total. The van der Waals surface area contributed by atoms with Crippen LogP contribution in [-0.4, -0.2) is 8.42 Å². The van der Waals surface area contributed by atoms with Gasteiger partial charge in [-0.1, -0.05) is 12.1 Å². The highest BCUT2D eigenvalue weighted by molar-refractivity contribution is 7.92. The molecule has 3 N–H and O–H groups in total. The maximum atomic E-state index is 13.4. The average molecular weight is 308 g/mol. The zero-order valence-electron chi connectivity index (χ0n) is 11.9. The van der Waals surface area contributed by atoms with Crippen LogP contribution in [0.15, 0.2) is 41.3 Å². The van der Waals surface area contributed by atoms with E-state index in [-0.39, 0.29) is 17.0 Å². The number of nitrogens with two attached hydrogens (primary N) is 1. The predicted molar refractivity (Wildman–Crippen MR) is 81.0 cm³/mol. The van der Waals surface area contributed by atoms with Crippen molar-refractivity contribution in [1.82, 2.24) is 0 Å². The van der Waals surface area contributed by atoms with Crippen LogP contribution in [0.25, 0.3) is 0 Å². The van der Waals surface area contributed by atoms with Gasteiger partial charge in [0.1, 0.15) is 5.82 Å². The van der Waals surface area contributed by atoms with Crippen molar-refractivity contribution in [3.63, 3.8) is 0 Å². The van der Waals surface area contributed by atoms with E-state index in [1.54, 1.807) is 6.07 Å². The topological polar surface area (TPSA) is 72.2 Å². The van der Waals surface area contributed by atoms with Crippen LogP contribution in [-0.2, 0) is 16.6 Å². The van der Waals surface area contributed by atoms with Crippen LogP contribution in [0.1, 0.15) is 16.7 Å². The lowest BCUT2D eigenvalue weighted by Crippen LogP contribution is -2.15. The summed E-state index contributed by atoms with van der Waals surface area (Å²) < 4.78 is 40.7. The fourth-order valence-corrected chi connectivity index (χ4v) is 3.10. The molecule has 2 rings (SSSR count). The molecule has 0 aromatic heterocycles. The van der Waals surface area contributed by atoms with E-state index < -0.39 is 15.8 Å². The summed E-state index contributed by atoms with van der Waals surface area (Å²) >= 11 is 0. The first kappa shape index (κ1) is 15.5. The van der Waals surface area contributed by atoms with E-state index in [1.165, 1.54) is 12.1 Å². The Bertz CT molecular complexity index is 773. The summed E-state index contributed by atoms with van der Waals surface area (Å²) in [6, 6.07) is 9.07. The van der Waals surface area contributed by atoms with Crippen LogP contribution in [0, 0.1) is 19.7 Å². The molecule has 0 saturated carbocycles. The SMILES string of the molecule is Cc1ccc(C)c(NS(=O)(=O)c2ccc(F)c(CN)c2)c1. The zero-order chi connectivity index (χ0) is 15.6. The van der Waals surface area contributed by atoms with Gasteiger partial charge in [0, 0.05) is 12.1 Å². The quantitative estimate of drug-likeness (QED) is 0.912. The number of anilines is 1. The molecule has 6 heteroatoms. The highest BCUT2D eigenvalue weighted by atomic mass is 32.2. The first-order chi connectivity index (χ1) is 9.83. The Morgan fingerprint density at radius 1 is 1.14 bits per heavy atom. The maximum Gasteiger partial charge on any atom is 0.261 e. The molecule has 2 aromatic carbocycles. The van der Waals surface area contributed by atoms with Crippen LogP contribution in [0.2, 0.25) is 0 Å². The molecule has 112 valence electrons. The smallest absolute Gasteiger partial charge is 0.261 e. The van der Waals surface area contributed by atoms with Crippen molar-refractivity contribution in [1.29, 1.82) is 0 Å². The van der Waals surface area contributed by atoms with Crippen LogP contribution in [0.3, 0.4) is 0 Å². The molecule has 21 heavy (non-hydrogen) atoms. The molecule has 2 aromatic rings. The Kier molecular flexibility index (Phi) is 4.29. The normalized spacial score (nSPS) is 11.4. The standard InChI is InChI=1S/C15H17FN2O2S/c1-10-3-4-11(2)15(7-10)18-21(19,20)13-5-6-14(16)12(8-13)9-17/h3-8,18H,9,17H2,1-2H3. The third-order valence-corrected chi connectivity index (χ3v) is 4.55. The van der Waals surface area contributed by atoms with Crippen LogP contribution < -0.4 is 10.5 Å². The van der Waals surface area contributed by atoms with Gasteiger partial charge in [-0.2, -0.15) is 0 Å². The fourth-order valence-electron chi connectivity index (χ4n) is 1.92. The molecule has 0 fully saturated rings. The molecule has 0 aliphatic rings. The molecule has 0 aliphatic carbocycles. The van der Waals surface area contributed by atoms with E-state index in [1.807, 2.05) is 26.0 Å². The van der Waals surface area contributed by atoms with E-state index in [9.17, 15) is 12.8 Å². The highest BCUT2D eigenvalue weighted by Gasteiger charge is 2.17. The summed E-state index contributed by atoms with van der Waals surface area (Å²) in [4.78, 5) is -0.00902. The summed E-state index contributed by atoms with van der Waals surface area (Å²) in [5, 5.41) is 0. The van der Waals surface area contributed by atoms with Crippen LogP contribution in [0.5, 0.6) is 0 Å². The lowest BCUT2D eigenvalue weighted by molar-refractivity contribution is 0.596. The minimum atomic E-state index is -3.77. The number of sulfonamides is 1. The molecule has 0 atom stereocenters. The molecule has 0 amide bonds. The molecular weight excluding hydrogens is 291 g/mol. The van der Waals surface area contributed by atoms with E-state index >= 15 is 0 Å². The number of aryl methyl sites for hydroxylation is 2. The van der Waals surface area contributed by atoms with Crippen molar-refractivity contribution in [3.05, 3.63) is 58.9 Å². The van der Waals surface area contributed by atoms with Gasteiger partial charge in [-0.3, -0.25) is 4.72 Å². The highest BCUT2D eigenvalue weighted by Crippen LogP contribution is 2.22. The number of benzene rings is 2. The number of hydrogen-bond acceptors (Lipinski definition) is 3. The third-order valence-electron chi connectivity index (χ3n) is 3.18. The average Bonchev–Trinajstić information content (AvgIpc) is 2.43. The van der Waals surface area contributed by atoms with E-state index in [2.05, 4.69) is 4.72 Å². The predicted octanol–water partition coefficient (Wildman–Crippen LogP) is 2.70. The van der Waals surface area contributed by atoms with Gasteiger partial charge in [0.25, 0.3) is 10.0 Å². The first-order valence-corrected chi connectivity index (χ1v) is 7.90. The van der Waals surface area contributed by atoms with E-state index in [0.717, 1.165) is 17.2 Å². The zero-order valence-corrected chi connectivity index (χ0v) is 12.7. The molecule has 0 spiro atoms. The fraction of sp³-hybridized carbons (Fsp3) is 0.200. The second-order valence-electron chi connectivity index (χ2n) is 4.88. The molecule has 0 unspecified atom stereocenters. The molecule has 0 radical (unpaired) electrons. The summed E-state index contributed by atoms with van der Waals surface area (Å²) in [6.07, 6.45) is 0. The Labute approximate surface area is 123 Å². The van der Waals surface area contributed by atoms with Gasteiger partial charge >= 0.3 is 0 Å². The van der Waals surface area contributed by atoms with Crippen molar-refractivity contribution < 1.29 is 12.8 Å². The third kappa shape index (κ3) is 3.40. The minimum absolute atomic E-state index is 0.00902. The Morgan fingerprint density at radius 3 is 2.52 bits per heavy atom. The van der Waals surface area contributed by atoms with Crippen molar-refractivity contribution >= 4 is 15.7 Å². The van der Waals surface area contributed by atoms with Gasteiger partial charge in [0.15, 0.2) is 0 Å². The van der Waals surface area contributed by atoms with Gasteiger partial charge in [-0.05, 0) is 49.2 Å². The summed E-state index contributed by atoms with van der Waals surface area (Å²) in [5.74, 6) is -0.511. The summed E-state index contributed by atoms with van der Waals surface area (Å²) in [6.45, 7) is 3.63. The lowest BCUT2D eigenvalue weighted by Gasteiger charge is -2.12. The molecule has 0 bridgehead atoms. The van der Waals surface area contributed by atoms with Gasteiger partial charge in [0.2, 0.25) is 0 Å². The van der Waals surface area contributed by atoms with Gasteiger partial charge in [-0.15, -0.1) is 0 Å². The van der Waals surface area contributed by atoms with Crippen molar-refractivity contribution in [2.75, 3.05) is 4.72 Å². The number of rotatable bonds is 4. The Hall–Kier alpha value is -1.92. The lowest BCUT2D eigenvalue weighted by atomic mass is 10.1. The summed E-state index contributed by atoms with van der Waals surface area (Å²) in [7, 11) is -3.77. The Balaban J connectivity index is 2.41. The Morgan fingerprint density at radius 2 is 1.86 bits per heavy atom. The van der Waals surface area contributed by atoms with Gasteiger partial charge < -0.3 is 5.73 Å². The van der Waals surface area contributed by atoms with Crippen LogP contribution in [0.4, 0.5) is 10.1 Å². The monoisotopic (exact) mass is 308 g/mol. The molecule has 0 aliphatic heterocycles. The number of nitrogens with one attached hydrogen (secondary N) is 1. The van der Waals surface area contributed by atoms with Crippen molar-refractivity contribution in [2.24, 2.45) is 5.73 Å². The summed E-state index contributed by atoms with van der Waals surface area (Å²) in [5.41, 5.74) is 7.83. The van der Waals surface area contributed by atoms with Crippen molar-refractivity contribution in [2.45, 2.75) is 25.3 Å². The molecule has 0 heterocycles. The minimum Gasteiger partial charge on any atom is -0.326 e. The van der Waals surface area contributed by atoms with Crippen LogP contribution >= 0.6 is 0 Å². The molecule has 0 saturated heterocycles. The van der Waals surface area contributed by atoms with Crippen molar-refractivity contribution in [3.8, 4) is 0 Å².